The van der Waals surface area contributed by atoms with Gasteiger partial charge in [-0.05, 0) is 47.7 Å². The third kappa shape index (κ3) is 3.30. The molecule has 0 radical (unpaired) electrons. The van der Waals surface area contributed by atoms with Gasteiger partial charge in [0.1, 0.15) is 0 Å². The van der Waals surface area contributed by atoms with E-state index in [2.05, 4.69) is 0 Å². The molecule has 0 aromatic heterocycles. The van der Waals surface area contributed by atoms with E-state index in [4.69, 9.17) is 51.8 Å². The van der Waals surface area contributed by atoms with Crippen LogP contribution in [0.15, 0.2) is 41.3 Å². The molecule has 3 nitrogen and oxygen atoms in total. The van der Waals surface area contributed by atoms with E-state index in [1.165, 1.54) is 4.90 Å². The molecule has 0 atom stereocenters. The van der Waals surface area contributed by atoms with Crippen LogP contribution in [0.4, 0.5) is 5.69 Å². The van der Waals surface area contributed by atoms with Crippen LogP contribution in [0.5, 0.6) is 0 Å². The number of thioether (sulfide) groups is 1. The number of carbonyl (C=O) groups excluding carboxylic acids is 1. The minimum Gasteiger partial charge on any atom is -0.278 e. The summed E-state index contributed by atoms with van der Waals surface area (Å²) >= 11 is 25.1. The predicted octanol–water partition coefficient (Wildman–Crippen LogP) is 6.36. The summed E-state index contributed by atoms with van der Waals surface area (Å²) in [6, 6.07) is 9.93. The van der Waals surface area contributed by atoms with Crippen molar-refractivity contribution in [3.8, 4) is 0 Å². The maximum absolute atomic E-state index is 12.7. The number of carbonyl (C=O) groups is 1. The van der Waals surface area contributed by atoms with Crippen LogP contribution in [0.25, 0.3) is 6.08 Å². The number of nitrogens with zero attached hydrogens (tertiary/aromatic N) is 1. The van der Waals surface area contributed by atoms with Gasteiger partial charge in [0, 0.05) is 0 Å². The normalized spacial score (nSPS) is 16.3. The summed E-state index contributed by atoms with van der Waals surface area (Å²) in [5, 5.41) is 9.61. The largest absolute Gasteiger partial charge is 0.278 e. The monoisotopic (exact) mass is 416 g/mol. The minimum atomic E-state index is -0.334. The molecule has 1 heterocycles. The summed E-state index contributed by atoms with van der Waals surface area (Å²) in [5.41, 5.74) is 1.09. The van der Waals surface area contributed by atoms with Crippen molar-refractivity contribution in [1.29, 1.82) is 5.41 Å². The van der Waals surface area contributed by atoms with Crippen LogP contribution >= 0.6 is 58.2 Å². The molecule has 8 heteroatoms. The number of hydrogen-bond donors (Lipinski definition) is 1. The standard InChI is InChI=1S/C16H8Cl4N2OS/c17-10-5-4-9(7-12(10)19)22-15(23)13(24-16(22)21)6-8-2-1-3-11(18)14(8)20/h1-7,21H/b13-6-,21-16?. The number of rotatable bonds is 2. The molecule has 3 rings (SSSR count). The van der Waals surface area contributed by atoms with Gasteiger partial charge in [-0.1, -0.05) is 58.5 Å². The highest BCUT2D eigenvalue weighted by Crippen LogP contribution is 2.38. The number of nitrogens with one attached hydrogen (secondary N) is 1. The summed E-state index contributed by atoms with van der Waals surface area (Å²) in [4.78, 5) is 14.3. The SMILES string of the molecule is N=C1S/C(=C\c2cccc(Cl)c2Cl)C(=O)N1c1ccc(Cl)c(Cl)c1. The van der Waals surface area contributed by atoms with Crippen LogP contribution < -0.4 is 4.90 Å². The van der Waals surface area contributed by atoms with E-state index in [1.807, 2.05) is 0 Å². The van der Waals surface area contributed by atoms with Crippen molar-refractivity contribution in [3.05, 3.63) is 67.0 Å². The Morgan fingerprint density at radius 3 is 2.46 bits per heavy atom. The second-order valence-corrected chi connectivity index (χ2v) is 7.43. The zero-order valence-corrected chi connectivity index (χ0v) is 15.7. The van der Waals surface area contributed by atoms with E-state index in [0.29, 0.717) is 36.2 Å². The Morgan fingerprint density at radius 1 is 1.00 bits per heavy atom. The van der Waals surface area contributed by atoms with E-state index in [-0.39, 0.29) is 11.1 Å². The van der Waals surface area contributed by atoms with E-state index in [0.717, 1.165) is 11.8 Å². The first kappa shape index (κ1) is 17.6. The number of amides is 1. The predicted molar refractivity (Wildman–Crippen MR) is 104 cm³/mol. The fourth-order valence-corrected chi connectivity index (χ4v) is 3.63. The lowest BCUT2D eigenvalue weighted by Gasteiger charge is -2.14. The summed E-state index contributed by atoms with van der Waals surface area (Å²) in [6.45, 7) is 0. The van der Waals surface area contributed by atoms with Gasteiger partial charge in [0.15, 0.2) is 5.17 Å². The first-order chi connectivity index (χ1) is 11.4. The highest BCUT2D eigenvalue weighted by Gasteiger charge is 2.34. The Bertz CT molecular complexity index is 898. The lowest BCUT2D eigenvalue weighted by Crippen LogP contribution is -2.28. The lowest BCUT2D eigenvalue weighted by molar-refractivity contribution is -0.113. The van der Waals surface area contributed by atoms with Crippen molar-refractivity contribution in [2.75, 3.05) is 4.90 Å². The van der Waals surface area contributed by atoms with Gasteiger partial charge >= 0.3 is 0 Å². The molecule has 1 fully saturated rings. The third-order valence-electron chi connectivity index (χ3n) is 3.25. The topological polar surface area (TPSA) is 44.2 Å². The second kappa shape index (κ2) is 6.98. The summed E-state index contributed by atoms with van der Waals surface area (Å²) in [6.07, 6.45) is 1.62. The summed E-state index contributed by atoms with van der Waals surface area (Å²) in [5.74, 6) is -0.334. The minimum absolute atomic E-state index is 0.0720. The second-order valence-electron chi connectivity index (χ2n) is 4.80. The smallest absolute Gasteiger partial charge is 0.271 e. The average molecular weight is 418 g/mol. The van der Waals surface area contributed by atoms with E-state index in [9.17, 15) is 4.79 Å². The Labute approximate surface area is 162 Å². The van der Waals surface area contributed by atoms with Crippen molar-refractivity contribution in [1.82, 2.24) is 0 Å². The van der Waals surface area contributed by atoms with Gasteiger partial charge in [-0.25, -0.2) is 0 Å². The maximum atomic E-state index is 12.7. The Kier molecular flexibility index (Phi) is 5.13. The molecule has 0 bridgehead atoms. The van der Waals surface area contributed by atoms with Crippen LogP contribution in [0.3, 0.4) is 0 Å². The maximum Gasteiger partial charge on any atom is 0.271 e. The Balaban J connectivity index is 1.98. The molecule has 0 spiro atoms. The number of halogens is 4. The number of anilines is 1. The van der Waals surface area contributed by atoms with Crippen molar-refractivity contribution < 1.29 is 4.79 Å². The number of hydrogen-bond acceptors (Lipinski definition) is 3. The lowest BCUT2D eigenvalue weighted by atomic mass is 10.2. The van der Waals surface area contributed by atoms with Crippen LogP contribution in [0, 0.1) is 5.41 Å². The third-order valence-corrected chi connectivity index (χ3v) is 5.71. The van der Waals surface area contributed by atoms with Crippen molar-refractivity contribution in [2.24, 2.45) is 0 Å². The fourth-order valence-electron chi connectivity index (χ4n) is 2.12. The molecule has 1 N–H and O–H groups in total. The highest BCUT2D eigenvalue weighted by molar-refractivity contribution is 8.19. The molecular weight excluding hydrogens is 410 g/mol. The van der Waals surface area contributed by atoms with Crippen LogP contribution in [0.1, 0.15) is 5.56 Å². The first-order valence-electron chi connectivity index (χ1n) is 6.60. The van der Waals surface area contributed by atoms with Gasteiger partial charge in [0.2, 0.25) is 0 Å². The molecule has 1 amide bonds. The number of amidine groups is 1. The molecule has 0 saturated carbocycles. The van der Waals surface area contributed by atoms with Crippen molar-refractivity contribution in [2.45, 2.75) is 0 Å². The Hall–Kier alpha value is -1.17. The molecule has 1 saturated heterocycles. The Morgan fingerprint density at radius 2 is 1.75 bits per heavy atom. The molecular formula is C16H8Cl4N2OS. The molecule has 2 aromatic carbocycles. The van der Waals surface area contributed by atoms with E-state index < -0.39 is 0 Å². The van der Waals surface area contributed by atoms with Gasteiger partial charge < -0.3 is 0 Å². The molecule has 1 aliphatic rings. The van der Waals surface area contributed by atoms with Gasteiger partial charge in [-0.3, -0.25) is 15.1 Å². The zero-order chi connectivity index (χ0) is 17.4. The van der Waals surface area contributed by atoms with Crippen molar-refractivity contribution in [3.63, 3.8) is 0 Å². The average Bonchev–Trinajstić information content (AvgIpc) is 2.81. The van der Waals surface area contributed by atoms with E-state index in [1.54, 1.807) is 42.5 Å². The summed E-state index contributed by atoms with van der Waals surface area (Å²) < 4.78 is 0. The molecule has 2 aromatic rings. The zero-order valence-electron chi connectivity index (χ0n) is 11.8. The first-order valence-corrected chi connectivity index (χ1v) is 8.93. The summed E-state index contributed by atoms with van der Waals surface area (Å²) in [7, 11) is 0. The van der Waals surface area contributed by atoms with Gasteiger partial charge in [-0.2, -0.15) is 0 Å². The molecule has 0 aliphatic carbocycles. The van der Waals surface area contributed by atoms with Gasteiger partial charge in [0.25, 0.3) is 5.91 Å². The molecule has 0 unspecified atom stereocenters. The molecule has 24 heavy (non-hydrogen) atoms. The molecule has 1 aliphatic heterocycles. The van der Waals surface area contributed by atoms with Crippen molar-refractivity contribution >= 4 is 81.0 Å². The van der Waals surface area contributed by atoms with Gasteiger partial charge in [-0.15, -0.1) is 0 Å². The van der Waals surface area contributed by atoms with E-state index >= 15 is 0 Å². The molecule has 122 valence electrons. The van der Waals surface area contributed by atoms with Crippen LogP contribution in [0.2, 0.25) is 20.1 Å². The fraction of sp³-hybridized carbons (Fsp3) is 0. The number of benzene rings is 2. The quantitative estimate of drug-likeness (QED) is 0.578. The van der Waals surface area contributed by atoms with Crippen LogP contribution in [-0.2, 0) is 4.79 Å². The highest BCUT2D eigenvalue weighted by atomic mass is 35.5. The van der Waals surface area contributed by atoms with Gasteiger partial charge in [0.05, 0.1) is 30.7 Å². The van der Waals surface area contributed by atoms with Crippen LogP contribution in [-0.4, -0.2) is 11.1 Å².